The van der Waals surface area contributed by atoms with Gasteiger partial charge in [0.2, 0.25) is 0 Å². The Kier molecular flexibility index (Phi) is 4.36. The topological polar surface area (TPSA) is 51.6 Å². The fourth-order valence-corrected chi connectivity index (χ4v) is 1.88. The van der Waals surface area contributed by atoms with Gasteiger partial charge in [-0.3, -0.25) is 4.98 Å². The Labute approximate surface area is 112 Å². The van der Waals surface area contributed by atoms with Crippen LogP contribution in [0.2, 0.25) is 0 Å². The highest BCUT2D eigenvalue weighted by Gasteiger charge is 2.12. The average Bonchev–Trinajstić information content (AvgIpc) is 2.47. The molecule has 0 aliphatic carbocycles. The van der Waals surface area contributed by atoms with Crippen LogP contribution in [0.25, 0.3) is 0 Å². The molecule has 0 fully saturated rings. The Morgan fingerprint density at radius 1 is 1.16 bits per heavy atom. The molecule has 0 radical (unpaired) electrons. The number of hydrogen-bond donors (Lipinski definition) is 1. The van der Waals surface area contributed by atoms with Gasteiger partial charge in [0.15, 0.2) is 0 Å². The summed E-state index contributed by atoms with van der Waals surface area (Å²) in [6.45, 7) is 0. The first-order chi connectivity index (χ1) is 9.22. The van der Waals surface area contributed by atoms with Crippen molar-refractivity contribution in [1.82, 2.24) is 4.98 Å². The minimum Gasteiger partial charge on any atom is -0.497 e. The summed E-state index contributed by atoms with van der Waals surface area (Å²) in [6.07, 6.45) is 3.35. The van der Waals surface area contributed by atoms with Gasteiger partial charge in [0.1, 0.15) is 11.5 Å². The van der Waals surface area contributed by atoms with E-state index in [1.165, 1.54) is 0 Å². The monoisotopic (exact) mass is 259 g/mol. The van der Waals surface area contributed by atoms with Crippen LogP contribution in [0.4, 0.5) is 0 Å². The number of ether oxygens (including phenoxy) is 2. The Balaban J connectivity index is 2.20. The molecule has 1 aromatic carbocycles. The maximum atomic E-state index is 10.3. The van der Waals surface area contributed by atoms with E-state index in [0.717, 1.165) is 11.1 Å². The van der Waals surface area contributed by atoms with Gasteiger partial charge in [0.05, 0.1) is 20.3 Å². The molecule has 4 nitrogen and oxygen atoms in total. The number of methoxy groups -OCH3 is 2. The maximum Gasteiger partial charge on any atom is 0.122 e. The van der Waals surface area contributed by atoms with Crippen molar-refractivity contribution >= 4 is 0 Å². The quantitative estimate of drug-likeness (QED) is 0.895. The standard InChI is InChI=1S/C15H17NO3/c1-18-13-7-12(8-14(9-13)19-2)15(17)6-11-4-3-5-16-10-11/h3-5,7-10,15,17H,6H2,1-2H3. The third-order valence-electron chi connectivity index (χ3n) is 2.91. The average molecular weight is 259 g/mol. The number of hydrogen-bond acceptors (Lipinski definition) is 4. The normalized spacial score (nSPS) is 11.9. The van der Waals surface area contributed by atoms with E-state index in [1.54, 1.807) is 32.7 Å². The second kappa shape index (κ2) is 6.20. The second-order valence-electron chi connectivity index (χ2n) is 4.23. The Hall–Kier alpha value is -2.07. The number of aliphatic hydroxyl groups excluding tert-OH is 1. The van der Waals surface area contributed by atoms with Crippen molar-refractivity contribution in [2.24, 2.45) is 0 Å². The highest BCUT2D eigenvalue weighted by Crippen LogP contribution is 2.27. The molecule has 4 heteroatoms. The zero-order valence-corrected chi connectivity index (χ0v) is 11.0. The number of nitrogens with zero attached hydrogens (tertiary/aromatic N) is 1. The van der Waals surface area contributed by atoms with E-state index in [0.29, 0.717) is 17.9 Å². The van der Waals surface area contributed by atoms with E-state index in [-0.39, 0.29) is 0 Å². The number of benzene rings is 1. The molecule has 100 valence electrons. The summed E-state index contributed by atoms with van der Waals surface area (Å²) in [6, 6.07) is 9.19. The lowest BCUT2D eigenvalue weighted by Gasteiger charge is -2.14. The Bertz CT molecular complexity index is 506. The van der Waals surface area contributed by atoms with Crippen molar-refractivity contribution in [3.8, 4) is 11.5 Å². The van der Waals surface area contributed by atoms with Crippen LogP contribution >= 0.6 is 0 Å². The summed E-state index contributed by atoms with van der Waals surface area (Å²) in [5.74, 6) is 1.33. The molecule has 1 heterocycles. The highest BCUT2D eigenvalue weighted by molar-refractivity contribution is 5.39. The smallest absolute Gasteiger partial charge is 0.122 e. The van der Waals surface area contributed by atoms with E-state index < -0.39 is 6.10 Å². The molecule has 2 aromatic rings. The van der Waals surface area contributed by atoms with Gasteiger partial charge in [-0.1, -0.05) is 6.07 Å². The van der Waals surface area contributed by atoms with Gasteiger partial charge in [-0.15, -0.1) is 0 Å². The van der Waals surface area contributed by atoms with Gasteiger partial charge in [0, 0.05) is 24.9 Å². The minimum atomic E-state index is -0.617. The van der Waals surface area contributed by atoms with Crippen molar-refractivity contribution in [1.29, 1.82) is 0 Å². The lowest BCUT2D eigenvalue weighted by molar-refractivity contribution is 0.177. The van der Waals surface area contributed by atoms with Gasteiger partial charge in [-0.2, -0.15) is 0 Å². The molecule has 1 atom stereocenters. The fourth-order valence-electron chi connectivity index (χ4n) is 1.88. The predicted octanol–water partition coefficient (Wildman–Crippen LogP) is 2.37. The zero-order valence-electron chi connectivity index (χ0n) is 11.0. The van der Waals surface area contributed by atoms with Gasteiger partial charge in [0.25, 0.3) is 0 Å². The van der Waals surface area contributed by atoms with E-state index in [9.17, 15) is 5.11 Å². The van der Waals surface area contributed by atoms with Crippen LogP contribution in [0.3, 0.4) is 0 Å². The third kappa shape index (κ3) is 3.45. The number of aromatic nitrogens is 1. The van der Waals surface area contributed by atoms with Gasteiger partial charge in [-0.05, 0) is 29.3 Å². The SMILES string of the molecule is COc1cc(OC)cc(C(O)Cc2cccnc2)c1. The molecule has 0 amide bonds. The van der Waals surface area contributed by atoms with E-state index in [4.69, 9.17) is 9.47 Å². The molecule has 0 aliphatic rings. The summed E-state index contributed by atoms with van der Waals surface area (Å²) in [5.41, 5.74) is 1.75. The first kappa shape index (κ1) is 13.4. The molecule has 2 rings (SSSR count). The van der Waals surface area contributed by atoms with E-state index in [2.05, 4.69) is 4.98 Å². The van der Waals surface area contributed by atoms with E-state index >= 15 is 0 Å². The first-order valence-electron chi connectivity index (χ1n) is 6.03. The molecule has 0 saturated carbocycles. The largest absolute Gasteiger partial charge is 0.497 e. The molecule has 1 unspecified atom stereocenters. The molecule has 1 aromatic heterocycles. The molecule has 19 heavy (non-hydrogen) atoms. The van der Waals surface area contributed by atoms with Crippen molar-refractivity contribution in [2.45, 2.75) is 12.5 Å². The van der Waals surface area contributed by atoms with Crippen LogP contribution in [0, 0.1) is 0 Å². The van der Waals surface area contributed by atoms with Crippen molar-refractivity contribution in [3.05, 3.63) is 53.9 Å². The van der Waals surface area contributed by atoms with Crippen LogP contribution in [0.1, 0.15) is 17.2 Å². The zero-order chi connectivity index (χ0) is 13.7. The molecule has 0 bridgehead atoms. The lowest BCUT2D eigenvalue weighted by Crippen LogP contribution is -2.03. The van der Waals surface area contributed by atoms with Crippen molar-refractivity contribution in [3.63, 3.8) is 0 Å². The van der Waals surface area contributed by atoms with Gasteiger partial charge < -0.3 is 14.6 Å². The first-order valence-corrected chi connectivity index (χ1v) is 6.03. The summed E-state index contributed by atoms with van der Waals surface area (Å²) in [5, 5.41) is 10.3. The Morgan fingerprint density at radius 2 is 1.84 bits per heavy atom. The van der Waals surface area contributed by atoms with Crippen LogP contribution < -0.4 is 9.47 Å². The maximum absolute atomic E-state index is 10.3. The Morgan fingerprint density at radius 3 is 2.37 bits per heavy atom. The summed E-state index contributed by atoms with van der Waals surface area (Å²) < 4.78 is 10.4. The van der Waals surface area contributed by atoms with Gasteiger partial charge in [-0.25, -0.2) is 0 Å². The summed E-state index contributed by atoms with van der Waals surface area (Å²) >= 11 is 0. The molecular formula is C15H17NO3. The van der Waals surface area contributed by atoms with Crippen molar-refractivity contribution < 1.29 is 14.6 Å². The predicted molar refractivity (Wildman–Crippen MR) is 72.4 cm³/mol. The molecule has 0 spiro atoms. The molecule has 1 N–H and O–H groups in total. The number of rotatable bonds is 5. The summed E-state index contributed by atoms with van der Waals surface area (Å²) in [4.78, 5) is 4.04. The highest BCUT2D eigenvalue weighted by atomic mass is 16.5. The van der Waals surface area contributed by atoms with Crippen LogP contribution in [-0.2, 0) is 6.42 Å². The number of pyridine rings is 1. The lowest BCUT2D eigenvalue weighted by atomic mass is 10.0. The van der Waals surface area contributed by atoms with Crippen molar-refractivity contribution in [2.75, 3.05) is 14.2 Å². The number of aliphatic hydroxyl groups is 1. The summed E-state index contributed by atoms with van der Waals surface area (Å²) in [7, 11) is 3.18. The molecule has 0 saturated heterocycles. The van der Waals surface area contributed by atoms with Crippen LogP contribution in [0.15, 0.2) is 42.7 Å². The van der Waals surface area contributed by atoms with Gasteiger partial charge >= 0.3 is 0 Å². The fraction of sp³-hybridized carbons (Fsp3) is 0.267. The van der Waals surface area contributed by atoms with Crippen LogP contribution in [-0.4, -0.2) is 24.3 Å². The van der Waals surface area contributed by atoms with E-state index in [1.807, 2.05) is 24.3 Å². The van der Waals surface area contributed by atoms with Crippen LogP contribution in [0.5, 0.6) is 11.5 Å². The molecular weight excluding hydrogens is 242 g/mol. The second-order valence-corrected chi connectivity index (χ2v) is 4.23. The third-order valence-corrected chi connectivity index (χ3v) is 2.91. The minimum absolute atomic E-state index is 0.504. The molecule has 0 aliphatic heterocycles.